The maximum absolute atomic E-state index is 13.5. The molecule has 0 aliphatic carbocycles. The molecule has 1 N–H and O–H groups in total. The minimum atomic E-state index is -0.315. The van der Waals surface area contributed by atoms with Gasteiger partial charge in [0, 0.05) is 44.0 Å². The molecule has 7 heteroatoms. The first-order valence-corrected chi connectivity index (χ1v) is 12.3. The van der Waals surface area contributed by atoms with E-state index in [1.165, 1.54) is 23.1 Å². The van der Waals surface area contributed by atoms with E-state index in [0.29, 0.717) is 13.1 Å². The van der Waals surface area contributed by atoms with Gasteiger partial charge in [-0.25, -0.2) is 4.39 Å². The van der Waals surface area contributed by atoms with Crippen molar-refractivity contribution in [2.24, 2.45) is 0 Å². The average molecular weight is 483 g/mol. The second-order valence-corrected chi connectivity index (χ2v) is 9.44. The summed E-state index contributed by atoms with van der Waals surface area (Å²) in [6.45, 7) is 1.42. The van der Waals surface area contributed by atoms with Crippen molar-refractivity contribution in [2.45, 2.75) is 32.1 Å². The summed E-state index contributed by atoms with van der Waals surface area (Å²) in [5, 5.41) is 4.08. The van der Waals surface area contributed by atoms with Crippen LogP contribution < -0.4 is 10.2 Å². The summed E-state index contributed by atoms with van der Waals surface area (Å²) in [7, 11) is 2.03. The van der Waals surface area contributed by atoms with Crippen LogP contribution in [0.1, 0.15) is 39.8 Å². The number of carbonyl (C=O) groups is 2. The normalized spacial score (nSPS) is 16.5. The number of aryl methyl sites for hydroxylation is 1. The van der Waals surface area contributed by atoms with Crippen LogP contribution in [0.25, 0.3) is 10.9 Å². The number of hydrogen-bond acceptors (Lipinski definition) is 3. The Bertz CT molecular complexity index is 1490. The molecular formula is C29H27FN4O2. The molecule has 0 saturated carbocycles. The molecule has 2 amide bonds. The van der Waals surface area contributed by atoms with Gasteiger partial charge in [0.25, 0.3) is 5.91 Å². The summed E-state index contributed by atoms with van der Waals surface area (Å²) >= 11 is 0. The molecule has 4 aromatic rings. The number of halogens is 1. The van der Waals surface area contributed by atoms with E-state index in [0.717, 1.165) is 34.4 Å². The molecule has 0 spiro atoms. The van der Waals surface area contributed by atoms with Crippen LogP contribution in [0.15, 0.2) is 72.8 Å². The summed E-state index contributed by atoms with van der Waals surface area (Å²) in [4.78, 5) is 30.3. The predicted octanol–water partition coefficient (Wildman–Crippen LogP) is 4.63. The largest absolute Gasteiger partial charge is 0.352 e. The van der Waals surface area contributed by atoms with Crippen LogP contribution in [-0.4, -0.2) is 34.9 Å². The quantitative estimate of drug-likeness (QED) is 0.451. The van der Waals surface area contributed by atoms with Crippen molar-refractivity contribution in [1.82, 2.24) is 14.8 Å². The van der Waals surface area contributed by atoms with Crippen LogP contribution in [0.5, 0.6) is 0 Å². The Kier molecular flexibility index (Phi) is 5.48. The van der Waals surface area contributed by atoms with Crippen molar-refractivity contribution in [3.8, 4) is 0 Å². The summed E-state index contributed by atoms with van der Waals surface area (Å²) in [6.07, 6.45) is 0.813. The Hall–Kier alpha value is -4.13. The van der Waals surface area contributed by atoms with Crippen LogP contribution in [0, 0.1) is 5.82 Å². The van der Waals surface area contributed by atoms with Gasteiger partial charge < -0.3 is 19.7 Å². The maximum Gasteiger partial charge on any atom is 0.257 e. The Labute approximate surface area is 208 Å². The maximum atomic E-state index is 13.5. The van der Waals surface area contributed by atoms with Crippen LogP contribution in [0.3, 0.4) is 0 Å². The van der Waals surface area contributed by atoms with Gasteiger partial charge in [-0.15, -0.1) is 0 Å². The van der Waals surface area contributed by atoms with E-state index in [1.54, 1.807) is 12.1 Å². The lowest BCUT2D eigenvalue weighted by atomic mass is 9.96. The Morgan fingerprint density at radius 1 is 1.06 bits per heavy atom. The fraction of sp³-hybridized carbons (Fsp3) is 0.241. The van der Waals surface area contributed by atoms with Gasteiger partial charge in [0.2, 0.25) is 5.91 Å². The van der Waals surface area contributed by atoms with Crippen molar-refractivity contribution in [3.05, 3.63) is 101 Å². The second-order valence-electron chi connectivity index (χ2n) is 9.44. The van der Waals surface area contributed by atoms with Gasteiger partial charge in [-0.05, 0) is 47.9 Å². The lowest BCUT2D eigenvalue weighted by Gasteiger charge is -2.46. The molecule has 1 atom stereocenters. The lowest BCUT2D eigenvalue weighted by Crippen LogP contribution is -2.51. The van der Waals surface area contributed by atoms with Crippen LogP contribution in [0.4, 0.5) is 10.1 Å². The highest BCUT2D eigenvalue weighted by atomic mass is 19.1. The lowest BCUT2D eigenvalue weighted by molar-refractivity contribution is -0.121. The van der Waals surface area contributed by atoms with E-state index in [1.807, 2.05) is 48.3 Å². The fourth-order valence-corrected chi connectivity index (χ4v) is 5.70. The topological polar surface area (TPSA) is 57.6 Å². The van der Waals surface area contributed by atoms with E-state index in [4.69, 9.17) is 0 Å². The molecule has 1 unspecified atom stereocenters. The number of para-hydroxylation sites is 2. The molecule has 2 aliphatic heterocycles. The molecule has 3 heterocycles. The van der Waals surface area contributed by atoms with Gasteiger partial charge in [0.1, 0.15) is 12.0 Å². The number of benzene rings is 3. The molecule has 1 aromatic heterocycles. The first-order chi connectivity index (χ1) is 17.5. The monoisotopic (exact) mass is 482 g/mol. The van der Waals surface area contributed by atoms with Gasteiger partial charge in [0.15, 0.2) is 0 Å². The predicted molar refractivity (Wildman–Crippen MR) is 137 cm³/mol. The number of amides is 2. The third-order valence-electron chi connectivity index (χ3n) is 7.35. The van der Waals surface area contributed by atoms with Crippen LogP contribution in [-0.2, 0) is 24.3 Å². The first-order valence-electron chi connectivity index (χ1n) is 12.3. The van der Waals surface area contributed by atoms with Gasteiger partial charge >= 0.3 is 0 Å². The Morgan fingerprint density at radius 2 is 1.86 bits per heavy atom. The molecule has 36 heavy (non-hydrogen) atoms. The number of nitrogens with zero attached hydrogens (tertiary/aromatic N) is 3. The number of aromatic nitrogens is 1. The molecule has 0 fully saturated rings. The molecule has 0 saturated heterocycles. The van der Waals surface area contributed by atoms with Gasteiger partial charge in [-0.3, -0.25) is 9.59 Å². The zero-order valence-electron chi connectivity index (χ0n) is 20.1. The molecule has 0 bridgehead atoms. The smallest absolute Gasteiger partial charge is 0.257 e. The first kappa shape index (κ1) is 22.3. The third kappa shape index (κ3) is 3.63. The molecule has 2 aliphatic rings. The second kappa shape index (κ2) is 8.82. The van der Waals surface area contributed by atoms with E-state index < -0.39 is 0 Å². The highest BCUT2D eigenvalue weighted by molar-refractivity contribution is 6.02. The van der Waals surface area contributed by atoms with Gasteiger partial charge in [-0.2, -0.15) is 0 Å². The minimum absolute atomic E-state index is 0.0454. The summed E-state index contributed by atoms with van der Waals surface area (Å²) in [5.41, 5.74) is 5.75. The molecule has 6 nitrogen and oxygen atoms in total. The number of nitrogens with one attached hydrogen (secondary N) is 1. The Balaban J connectivity index is 1.33. The van der Waals surface area contributed by atoms with E-state index in [-0.39, 0.29) is 36.8 Å². The summed E-state index contributed by atoms with van der Waals surface area (Å²) < 4.78 is 15.7. The number of rotatable bonds is 5. The third-order valence-corrected chi connectivity index (χ3v) is 7.35. The SMILES string of the molecule is CN1c2ccccc2C(=O)N2CCc3c(n(CCC(=O)NCc4cccc(F)c4)c4ccccc34)C21. The Morgan fingerprint density at radius 3 is 2.72 bits per heavy atom. The standard InChI is InChI=1S/C29H27FN4O2/c1-32-24-11-4-3-10-23(24)29(36)34-15-13-22-21-9-2-5-12-25(21)33(27(22)28(32)34)16-14-26(35)31-18-19-7-6-8-20(30)17-19/h2-12,17,28H,13-16,18H2,1H3,(H,31,35). The highest BCUT2D eigenvalue weighted by Gasteiger charge is 2.42. The van der Waals surface area contributed by atoms with Crippen LogP contribution >= 0.6 is 0 Å². The van der Waals surface area contributed by atoms with E-state index in [2.05, 4.69) is 26.9 Å². The zero-order chi connectivity index (χ0) is 24.8. The van der Waals surface area contributed by atoms with E-state index in [9.17, 15) is 14.0 Å². The molecule has 6 rings (SSSR count). The summed E-state index contributed by atoms with van der Waals surface area (Å²) in [5.74, 6) is -0.370. The van der Waals surface area contributed by atoms with Crippen molar-refractivity contribution in [1.29, 1.82) is 0 Å². The average Bonchev–Trinajstić information content (AvgIpc) is 3.22. The molecular weight excluding hydrogens is 455 g/mol. The van der Waals surface area contributed by atoms with Crippen molar-refractivity contribution >= 4 is 28.4 Å². The van der Waals surface area contributed by atoms with E-state index >= 15 is 0 Å². The molecule has 3 aromatic carbocycles. The number of hydrogen-bond donors (Lipinski definition) is 1. The number of carbonyl (C=O) groups excluding carboxylic acids is 2. The van der Waals surface area contributed by atoms with Crippen molar-refractivity contribution < 1.29 is 14.0 Å². The fourth-order valence-electron chi connectivity index (χ4n) is 5.70. The molecule has 182 valence electrons. The minimum Gasteiger partial charge on any atom is -0.352 e. The van der Waals surface area contributed by atoms with Crippen molar-refractivity contribution in [2.75, 3.05) is 18.5 Å². The zero-order valence-corrected chi connectivity index (χ0v) is 20.1. The number of anilines is 1. The molecule has 0 radical (unpaired) electrons. The van der Waals surface area contributed by atoms with Crippen LogP contribution in [0.2, 0.25) is 0 Å². The number of fused-ring (bicyclic) bond motifs is 6. The van der Waals surface area contributed by atoms with Gasteiger partial charge in [-0.1, -0.05) is 42.5 Å². The van der Waals surface area contributed by atoms with Crippen molar-refractivity contribution in [3.63, 3.8) is 0 Å². The summed E-state index contributed by atoms with van der Waals surface area (Å²) in [6, 6.07) is 22.3. The highest BCUT2D eigenvalue weighted by Crippen LogP contribution is 2.44. The van der Waals surface area contributed by atoms with Gasteiger partial charge in [0.05, 0.1) is 16.9 Å².